The van der Waals surface area contributed by atoms with Gasteiger partial charge in [-0.1, -0.05) is 30.3 Å². The van der Waals surface area contributed by atoms with Crippen molar-refractivity contribution < 1.29 is 28.4 Å². The highest BCUT2D eigenvalue weighted by Crippen LogP contribution is 2.22. The predicted octanol–water partition coefficient (Wildman–Crippen LogP) is 1.92. The number of benzene rings is 3. The Morgan fingerprint density at radius 3 is 2.11 bits per heavy atom. The Bertz CT molecular complexity index is 1220. The maximum atomic E-state index is 13.2. The largest absolute Gasteiger partial charge is 0.339 e. The molecule has 0 saturated carbocycles. The first-order valence-corrected chi connectivity index (χ1v) is 10.9. The fraction of sp³-hybridized carbons (Fsp3) is 0.160. The van der Waals surface area contributed by atoms with E-state index in [4.69, 9.17) is 10.9 Å². The summed E-state index contributed by atoms with van der Waals surface area (Å²) in [6.07, 6.45) is 0. The predicted molar refractivity (Wildman–Crippen MR) is 129 cm³/mol. The van der Waals surface area contributed by atoms with Crippen LogP contribution in [0.3, 0.4) is 0 Å². The molecular formula is C25H25F2N5O4. The van der Waals surface area contributed by atoms with E-state index in [1.807, 2.05) is 0 Å². The summed E-state index contributed by atoms with van der Waals surface area (Å²) in [4.78, 5) is 35.9. The number of hydrogen-bond donors (Lipinski definition) is 6. The van der Waals surface area contributed by atoms with Crippen LogP contribution < -0.4 is 27.2 Å². The van der Waals surface area contributed by atoms with Gasteiger partial charge in [-0.15, -0.1) is 0 Å². The van der Waals surface area contributed by atoms with E-state index in [-0.39, 0.29) is 25.5 Å². The van der Waals surface area contributed by atoms with Crippen molar-refractivity contribution in [3.8, 4) is 11.1 Å². The van der Waals surface area contributed by atoms with E-state index < -0.39 is 29.5 Å². The number of nitrogens with two attached hydrogens (primary N) is 1. The average Bonchev–Trinajstić information content (AvgIpc) is 2.89. The molecule has 3 aromatic rings. The molecule has 36 heavy (non-hydrogen) atoms. The van der Waals surface area contributed by atoms with E-state index in [0.29, 0.717) is 16.8 Å². The summed E-state index contributed by atoms with van der Waals surface area (Å²) in [6.45, 7) is 0.0116. The molecule has 0 aliphatic rings. The number of amides is 3. The molecule has 7 N–H and O–H groups in total. The molecule has 0 bridgehead atoms. The highest BCUT2D eigenvalue weighted by Gasteiger charge is 2.19. The molecule has 3 amide bonds. The Labute approximate surface area is 205 Å². The molecule has 0 heterocycles. The summed E-state index contributed by atoms with van der Waals surface area (Å²) in [5.41, 5.74) is 9.95. The summed E-state index contributed by atoms with van der Waals surface area (Å²) < 4.78 is 26.2. The first kappa shape index (κ1) is 26.4. The first-order valence-electron chi connectivity index (χ1n) is 10.9. The second-order valence-electron chi connectivity index (χ2n) is 7.79. The molecule has 0 aliphatic heterocycles. The van der Waals surface area contributed by atoms with Crippen molar-refractivity contribution in [2.45, 2.75) is 12.6 Å². The Morgan fingerprint density at radius 1 is 0.889 bits per heavy atom. The number of rotatable bonds is 10. The van der Waals surface area contributed by atoms with Crippen LogP contribution in [0.5, 0.6) is 0 Å². The SMILES string of the molecule is NC[C@H](NC(=O)c1ccc(-c2ccc(NC(=O)CNCc3ccc(F)c(F)c3)cc2)cc1)C(=O)NO. The molecule has 0 fully saturated rings. The molecule has 0 spiro atoms. The topological polar surface area (TPSA) is 146 Å². The van der Waals surface area contributed by atoms with Gasteiger partial charge in [0.2, 0.25) is 5.91 Å². The van der Waals surface area contributed by atoms with E-state index in [2.05, 4.69) is 16.0 Å². The summed E-state index contributed by atoms with van der Waals surface area (Å²) in [6, 6.07) is 16.2. The molecule has 0 aromatic heterocycles. The van der Waals surface area contributed by atoms with Crippen molar-refractivity contribution in [3.05, 3.63) is 89.5 Å². The second-order valence-corrected chi connectivity index (χ2v) is 7.79. The number of carbonyl (C=O) groups excluding carboxylic acids is 3. The number of anilines is 1. The Morgan fingerprint density at radius 2 is 1.53 bits per heavy atom. The van der Waals surface area contributed by atoms with Crippen molar-refractivity contribution >= 4 is 23.4 Å². The number of hydroxylamine groups is 1. The van der Waals surface area contributed by atoms with Gasteiger partial charge in [-0.25, -0.2) is 14.3 Å². The van der Waals surface area contributed by atoms with Gasteiger partial charge in [0, 0.05) is 24.3 Å². The van der Waals surface area contributed by atoms with Crippen LogP contribution in [0, 0.1) is 11.6 Å². The first-order chi connectivity index (χ1) is 17.3. The van der Waals surface area contributed by atoms with Gasteiger partial charge in [-0.2, -0.15) is 0 Å². The molecule has 188 valence electrons. The van der Waals surface area contributed by atoms with E-state index >= 15 is 0 Å². The maximum absolute atomic E-state index is 13.2. The van der Waals surface area contributed by atoms with Crippen molar-refractivity contribution in [2.75, 3.05) is 18.4 Å². The van der Waals surface area contributed by atoms with Crippen molar-refractivity contribution in [3.63, 3.8) is 0 Å². The Balaban J connectivity index is 1.51. The van der Waals surface area contributed by atoms with Crippen LogP contribution in [-0.4, -0.2) is 42.1 Å². The van der Waals surface area contributed by atoms with Crippen molar-refractivity contribution in [1.29, 1.82) is 0 Å². The smallest absolute Gasteiger partial charge is 0.267 e. The van der Waals surface area contributed by atoms with Gasteiger partial charge in [-0.3, -0.25) is 19.6 Å². The lowest BCUT2D eigenvalue weighted by Crippen LogP contribution is -2.50. The minimum atomic E-state index is -1.06. The summed E-state index contributed by atoms with van der Waals surface area (Å²) in [5, 5.41) is 16.7. The lowest BCUT2D eigenvalue weighted by Gasteiger charge is -2.14. The van der Waals surface area contributed by atoms with E-state index in [0.717, 1.165) is 23.3 Å². The van der Waals surface area contributed by atoms with Gasteiger partial charge in [0.1, 0.15) is 6.04 Å². The molecule has 0 saturated heterocycles. The number of halogens is 2. The average molecular weight is 498 g/mol. The lowest BCUT2D eigenvalue weighted by molar-refractivity contribution is -0.130. The van der Waals surface area contributed by atoms with Gasteiger partial charge in [0.05, 0.1) is 6.54 Å². The number of nitrogens with one attached hydrogen (secondary N) is 4. The minimum Gasteiger partial charge on any atom is -0.339 e. The molecule has 3 aromatic carbocycles. The third-order valence-corrected chi connectivity index (χ3v) is 5.22. The molecule has 9 nitrogen and oxygen atoms in total. The quantitative estimate of drug-likeness (QED) is 0.186. The van der Waals surface area contributed by atoms with Crippen molar-refractivity contribution in [2.24, 2.45) is 5.73 Å². The molecular weight excluding hydrogens is 472 g/mol. The summed E-state index contributed by atoms with van der Waals surface area (Å²) >= 11 is 0. The molecule has 0 unspecified atom stereocenters. The highest BCUT2D eigenvalue weighted by atomic mass is 19.2. The highest BCUT2D eigenvalue weighted by molar-refractivity contribution is 5.98. The standard InChI is InChI=1S/C25H25F2N5O4/c26-20-10-1-15(11-21(20)27)13-29-14-23(33)30-19-8-6-17(7-9-19)16-2-4-18(5-3-16)24(34)31-22(12-28)25(35)32-36/h1-11,22,29,36H,12-14,28H2,(H,30,33)(H,31,34)(H,32,35)/t22-/m0/s1. The normalized spacial score (nSPS) is 11.4. The van der Waals surface area contributed by atoms with Crippen LogP contribution in [-0.2, 0) is 16.1 Å². The van der Waals surface area contributed by atoms with Crippen molar-refractivity contribution in [1.82, 2.24) is 16.1 Å². The second kappa shape index (κ2) is 12.5. The van der Waals surface area contributed by atoms with Crippen LogP contribution in [0.2, 0.25) is 0 Å². The van der Waals surface area contributed by atoms with Gasteiger partial charge in [0.15, 0.2) is 11.6 Å². The third kappa shape index (κ3) is 7.15. The maximum Gasteiger partial charge on any atom is 0.267 e. The zero-order valence-electron chi connectivity index (χ0n) is 19.1. The van der Waals surface area contributed by atoms with Gasteiger partial charge in [0.25, 0.3) is 11.8 Å². The van der Waals surface area contributed by atoms with E-state index in [9.17, 15) is 23.2 Å². The molecule has 1 atom stereocenters. The van der Waals surface area contributed by atoms with Crippen LogP contribution in [0.25, 0.3) is 11.1 Å². The fourth-order valence-corrected chi connectivity index (χ4v) is 3.29. The van der Waals surface area contributed by atoms with E-state index in [1.165, 1.54) is 11.5 Å². The molecule has 3 rings (SSSR count). The molecule has 0 aliphatic carbocycles. The fourth-order valence-electron chi connectivity index (χ4n) is 3.29. The molecule has 0 radical (unpaired) electrons. The number of hydrogen-bond acceptors (Lipinski definition) is 6. The summed E-state index contributed by atoms with van der Waals surface area (Å²) in [5.74, 6) is -3.49. The Kier molecular flexibility index (Phi) is 9.17. The van der Waals surface area contributed by atoms with Gasteiger partial charge < -0.3 is 21.7 Å². The minimum absolute atomic E-state index is 0.0186. The van der Waals surface area contributed by atoms with Gasteiger partial charge >= 0.3 is 0 Å². The van der Waals surface area contributed by atoms with Crippen LogP contribution in [0.4, 0.5) is 14.5 Å². The van der Waals surface area contributed by atoms with E-state index in [1.54, 1.807) is 48.5 Å². The lowest BCUT2D eigenvalue weighted by atomic mass is 10.0. The number of carbonyl (C=O) groups is 3. The monoisotopic (exact) mass is 497 g/mol. The zero-order valence-corrected chi connectivity index (χ0v) is 19.1. The third-order valence-electron chi connectivity index (χ3n) is 5.22. The Hall–Kier alpha value is -4.19. The van der Waals surface area contributed by atoms with Crippen LogP contribution in [0.1, 0.15) is 15.9 Å². The molecule has 11 heteroatoms. The van der Waals surface area contributed by atoms with Crippen LogP contribution >= 0.6 is 0 Å². The van der Waals surface area contributed by atoms with Gasteiger partial charge in [-0.05, 0) is 53.1 Å². The zero-order chi connectivity index (χ0) is 26.1. The van der Waals surface area contributed by atoms with Crippen LogP contribution in [0.15, 0.2) is 66.7 Å². The summed E-state index contributed by atoms with van der Waals surface area (Å²) in [7, 11) is 0.